The third kappa shape index (κ3) is 9.20. The van der Waals surface area contributed by atoms with Crippen LogP contribution >= 0.6 is 0 Å². The summed E-state index contributed by atoms with van der Waals surface area (Å²) in [5.41, 5.74) is 1.99. The molecule has 41 heavy (non-hydrogen) atoms. The molecule has 1 aliphatic heterocycles. The molecule has 1 aliphatic rings. The SMILES string of the molecule is COC(CF)CN(CCCCc1ccc2c(n1)NCCC2)CCC(NC(=O)C(C)(C)c1cncc(C#N)c1)C(=O)O. The van der Waals surface area contributed by atoms with Gasteiger partial charge in [0.25, 0.3) is 0 Å². The lowest BCUT2D eigenvalue weighted by atomic mass is 9.84. The number of carbonyl (C=O) groups is 2. The standard InChI is InChI=1S/C30H41FN6O4/c1-30(2,23-15-21(17-32)18-33-19-23)29(40)36-26(28(38)39)11-14-37(20-25(16-31)41-3)13-5-4-8-24-10-9-22-7-6-12-34-27(22)35-24/h9-10,15,18-19,25-26H,4-8,11-14,16,20H2,1-3H3,(H,34,35)(H,36,40)(H,38,39). The van der Waals surface area contributed by atoms with Crippen LogP contribution in [0.4, 0.5) is 10.2 Å². The number of nitrogens with zero attached hydrogens (tertiary/aromatic N) is 4. The van der Waals surface area contributed by atoms with Gasteiger partial charge in [0.2, 0.25) is 5.91 Å². The number of nitrogens with one attached hydrogen (secondary N) is 2. The molecule has 222 valence electrons. The number of nitriles is 1. The summed E-state index contributed by atoms with van der Waals surface area (Å²) >= 11 is 0. The number of fused-ring (bicyclic) bond motifs is 1. The van der Waals surface area contributed by atoms with Crippen LogP contribution in [0.15, 0.2) is 30.6 Å². The van der Waals surface area contributed by atoms with Gasteiger partial charge >= 0.3 is 5.97 Å². The molecule has 0 spiro atoms. The molecule has 0 saturated heterocycles. The number of hydrogen-bond acceptors (Lipinski definition) is 8. The van der Waals surface area contributed by atoms with Crippen LogP contribution in [0.1, 0.15) is 61.9 Å². The Kier molecular flexibility index (Phi) is 12.0. The lowest BCUT2D eigenvalue weighted by Gasteiger charge is -2.29. The third-order valence-corrected chi connectivity index (χ3v) is 7.57. The quantitative estimate of drug-likeness (QED) is 0.260. The zero-order valence-electron chi connectivity index (χ0n) is 24.2. The van der Waals surface area contributed by atoms with Crippen LogP contribution in [0.5, 0.6) is 0 Å². The molecule has 3 rings (SSSR count). The molecule has 2 unspecified atom stereocenters. The van der Waals surface area contributed by atoms with Crippen LogP contribution in [0.3, 0.4) is 0 Å². The normalized spacial score (nSPS) is 14.4. The van der Waals surface area contributed by atoms with E-state index in [2.05, 4.69) is 27.8 Å². The van der Waals surface area contributed by atoms with E-state index in [0.29, 0.717) is 30.8 Å². The molecular formula is C30H41FN6O4. The number of hydrogen-bond donors (Lipinski definition) is 3. The van der Waals surface area contributed by atoms with E-state index < -0.39 is 36.1 Å². The summed E-state index contributed by atoms with van der Waals surface area (Å²) in [5, 5.41) is 25.0. The Morgan fingerprint density at radius 3 is 2.80 bits per heavy atom. The Morgan fingerprint density at radius 2 is 2.10 bits per heavy atom. The Hall–Kier alpha value is -3.62. The van der Waals surface area contributed by atoms with E-state index >= 15 is 0 Å². The van der Waals surface area contributed by atoms with Crippen LogP contribution in [-0.2, 0) is 32.6 Å². The zero-order valence-corrected chi connectivity index (χ0v) is 24.2. The molecule has 2 atom stereocenters. The van der Waals surface area contributed by atoms with Gasteiger partial charge in [-0.1, -0.05) is 6.07 Å². The number of methoxy groups -OCH3 is 1. The first-order valence-electron chi connectivity index (χ1n) is 14.1. The molecule has 2 aromatic rings. The number of anilines is 1. The lowest BCUT2D eigenvalue weighted by Crippen LogP contribution is -2.49. The molecule has 0 aliphatic carbocycles. The summed E-state index contributed by atoms with van der Waals surface area (Å²) in [4.78, 5) is 36.0. The molecule has 0 bridgehead atoms. The molecule has 11 heteroatoms. The number of pyridine rings is 2. The van der Waals surface area contributed by atoms with Gasteiger partial charge in [-0.15, -0.1) is 0 Å². The number of rotatable bonds is 16. The van der Waals surface area contributed by atoms with Crippen LogP contribution in [0.2, 0.25) is 0 Å². The van der Waals surface area contributed by atoms with Crippen molar-refractivity contribution in [3.63, 3.8) is 0 Å². The fourth-order valence-corrected chi connectivity index (χ4v) is 4.80. The molecule has 3 heterocycles. The Morgan fingerprint density at radius 1 is 1.29 bits per heavy atom. The predicted molar refractivity (Wildman–Crippen MR) is 153 cm³/mol. The molecule has 2 aromatic heterocycles. The van der Waals surface area contributed by atoms with Gasteiger partial charge in [0.05, 0.1) is 17.1 Å². The van der Waals surface area contributed by atoms with Crippen molar-refractivity contribution in [1.82, 2.24) is 20.2 Å². The highest BCUT2D eigenvalue weighted by atomic mass is 19.1. The van der Waals surface area contributed by atoms with Crippen molar-refractivity contribution in [2.24, 2.45) is 0 Å². The predicted octanol–water partition coefficient (Wildman–Crippen LogP) is 3.25. The van der Waals surface area contributed by atoms with E-state index in [4.69, 9.17) is 9.72 Å². The number of unbranched alkanes of at least 4 members (excludes halogenated alkanes) is 1. The van der Waals surface area contributed by atoms with E-state index in [9.17, 15) is 24.3 Å². The van der Waals surface area contributed by atoms with Crippen LogP contribution < -0.4 is 10.6 Å². The largest absolute Gasteiger partial charge is 0.480 e. The first-order chi connectivity index (χ1) is 19.7. The van der Waals surface area contributed by atoms with Crippen molar-refractivity contribution >= 4 is 17.7 Å². The van der Waals surface area contributed by atoms with E-state index in [1.165, 1.54) is 25.1 Å². The fraction of sp³-hybridized carbons (Fsp3) is 0.567. The minimum absolute atomic E-state index is 0.133. The number of aromatic nitrogens is 2. The average Bonchev–Trinajstić information content (AvgIpc) is 2.99. The zero-order chi connectivity index (χ0) is 29.8. The number of amides is 1. The molecule has 3 N–H and O–H groups in total. The summed E-state index contributed by atoms with van der Waals surface area (Å²) in [6.07, 6.45) is 7.06. The Labute approximate surface area is 241 Å². The van der Waals surface area contributed by atoms with Gasteiger partial charge in [-0.2, -0.15) is 5.26 Å². The van der Waals surface area contributed by atoms with E-state index in [0.717, 1.165) is 50.2 Å². The van der Waals surface area contributed by atoms with Crippen molar-refractivity contribution in [2.45, 2.75) is 69.9 Å². The van der Waals surface area contributed by atoms with Gasteiger partial charge < -0.3 is 25.4 Å². The summed E-state index contributed by atoms with van der Waals surface area (Å²) in [5.74, 6) is -0.669. The molecule has 0 saturated carbocycles. The number of ether oxygens (including phenoxy) is 1. The van der Waals surface area contributed by atoms with Gasteiger partial charge in [0.15, 0.2) is 0 Å². The molecule has 10 nitrogen and oxygen atoms in total. The first kappa shape index (κ1) is 31.9. The molecule has 1 amide bonds. The maximum Gasteiger partial charge on any atom is 0.326 e. The summed E-state index contributed by atoms with van der Waals surface area (Å²) in [7, 11) is 1.46. The smallest absolute Gasteiger partial charge is 0.326 e. The number of aryl methyl sites for hydroxylation is 2. The topological polar surface area (TPSA) is 140 Å². The van der Waals surface area contributed by atoms with Gasteiger partial charge in [0, 0.05) is 44.8 Å². The van der Waals surface area contributed by atoms with Crippen LogP contribution in [0.25, 0.3) is 0 Å². The number of aliphatic carboxylic acids is 1. The van der Waals surface area contributed by atoms with E-state index in [-0.39, 0.29) is 6.42 Å². The molecular weight excluding hydrogens is 527 g/mol. The van der Waals surface area contributed by atoms with Gasteiger partial charge in [-0.25, -0.2) is 14.2 Å². The van der Waals surface area contributed by atoms with Crippen molar-refractivity contribution < 1.29 is 23.8 Å². The maximum atomic E-state index is 13.5. The average molecular weight is 569 g/mol. The molecule has 0 fully saturated rings. The minimum atomic E-state index is -1.15. The van der Waals surface area contributed by atoms with Gasteiger partial charge in [-0.05, 0) is 82.2 Å². The second kappa shape index (κ2) is 15.4. The lowest BCUT2D eigenvalue weighted by molar-refractivity contribution is -0.143. The highest BCUT2D eigenvalue weighted by Crippen LogP contribution is 2.24. The Balaban J connectivity index is 1.58. The van der Waals surface area contributed by atoms with Gasteiger partial charge in [-0.3, -0.25) is 9.78 Å². The van der Waals surface area contributed by atoms with E-state index in [1.54, 1.807) is 19.9 Å². The van der Waals surface area contributed by atoms with Crippen molar-refractivity contribution in [3.05, 3.63) is 53.0 Å². The molecule has 0 radical (unpaired) electrons. The fourth-order valence-electron chi connectivity index (χ4n) is 4.80. The van der Waals surface area contributed by atoms with Crippen LogP contribution in [0, 0.1) is 11.3 Å². The summed E-state index contributed by atoms with van der Waals surface area (Å²) < 4.78 is 18.7. The van der Waals surface area contributed by atoms with Crippen molar-refractivity contribution in [3.8, 4) is 6.07 Å². The Bertz CT molecular complexity index is 1210. The second-order valence-corrected chi connectivity index (χ2v) is 11.0. The van der Waals surface area contributed by atoms with Crippen LogP contribution in [-0.4, -0.2) is 84.0 Å². The third-order valence-electron chi connectivity index (χ3n) is 7.57. The van der Waals surface area contributed by atoms with Crippen molar-refractivity contribution in [2.75, 3.05) is 45.3 Å². The number of alkyl halides is 1. The number of carbonyl (C=O) groups excluding carboxylic acids is 1. The highest BCUT2D eigenvalue weighted by Gasteiger charge is 2.33. The highest BCUT2D eigenvalue weighted by molar-refractivity contribution is 5.90. The number of carboxylic acid groups (broad SMARTS) is 1. The van der Waals surface area contributed by atoms with Crippen molar-refractivity contribution in [1.29, 1.82) is 5.26 Å². The molecule has 0 aromatic carbocycles. The number of carboxylic acids is 1. The van der Waals surface area contributed by atoms with Gasteiger partial charge in [0.1, 0.15) is 24.6 Å². The maximum absolute atomic E-state index is 13.5. The summed E-state index contributed by atoms with van der Waals surface area (Å²) in [6.45, 7) is 4.88. The minimum Gasteiger partial charge on any atom is -0.480 e. The number of halogens is 1. The first-order valence-corrected chi connectivity index (χ1v) is 14.1. The second-order valence-electron chi connectivity index (χ2n) is 11.0. The monoisotopic (exact) mass is 568 g/mol. The summed E-state index contributed by atoms with van der Waals surface area (Å²) in [6, 6.07) is 6.64. The van der Waals surface area contributed by atoms with E-state index in [1.807, 2.05) is 11.0 Å².